The summed E-state index contributed by atoms with van der Waals surface area (Å²) in [4.78, 5) is 12.1. The van der Waals surface area contributed by atoms with Crippen LogP contribution in [0.15, 0.2) is 35.4 Å². The minimum Gasteiger partial charge on any atom is -0.487 e. The number of nitrogens with one attached hydrogen (secondary N) is 1. The molecule has 5 nitrogen and oxygen atoms in total. The molecule has 0 aliphatic heterocycles. The summed E-state index contributed by atoms with van der Waals surface area (Å²) in [6.07, 6.45) is -0.914. The third-order valence-electron chi connectivity index (χ3n) is 3.82. The molecule has 1 unspecified atom stereocenters. The van der Waals surface area contributed by atoms with Crippen molar-refractivity contribution in [3.8, 4) is 17.3 Å². The number of aromatic amines is 1. The Balaban J connectivity index is 1.95. The van der Waals surface area contributed by atoms with E-state index in [4.69, 9.17) is 4.74 Å². The van der Waals surface area contributed by atoms with E-state index in [1.54, 1.807) is 25.1 Å². The molecular weight excluding hydrogens is 386 g/mol. The molecule has 0 aliphatic carbocycles. The van der Waals surface area contributed by atoms with Crippen molar-refractivity contribution in [3.63, 3.8) is 0 Å². The fourth-order valence-corrected chi connectivity index (χ4v) is 3.08. The van der Waals surface area contributed by atoms with Gasteiger partial charge in [-0.2, -0.15) is 8.78 Å². The molecule has 0 bridgehead atoms. The van der Waals surface area contributed by atoms with E-state index in [0.29, 0.717) is 27.3 Å². The summed E-state index contributed by atoms with van der Waals surface area (Å²) < 4.78 is 67.5. The number of halogens is 4. The predicted molar refractivity (Wildman–Crippen MR) is 92.8 cm³/mol. The summed E-state index contributed by atoms with van der Waals surface area (Å²) in [6.45, 7) is 0.109. The first-order chi connectivity index (χ1) is 12.7. The van der Waals surface area contributed by atoms with Crippen molar-refractivity contribution in [1.82, 2.24) is 15.0 Å². The number of benzene rings is 1. The monoisotopic (exact) mass is 401 g/mol. The maximum Gasteiger partial charge on any atom is 0.340 e. The number of H-pyrrole nitrogens is 1. The van der Waals surface area contributed by atoms with Crippen LogP contribution < -0.4 is 4.74 Å². The van der Waals surface area contributed by atoms with Crippen LogP contribution in [0.25, 0.3) is 22.6 Å². The Labute approximate surface area is 154 Å². The van der Waals surface area contributed by atoms with Crippen molar-refractivity contribution in [2.75, 3.05) is 12.9 Å². The molecule has 2 heterocycles. The van der Waals surface area contributed by atoms with Gasteiger partial charge in [-0.3, -0.25) is 9.19 Å². The number of alkyl halides is 4. The maximum absolute atomic E-state index is 13.1. The number of aromatic nitrogens is 3. The van der Waals surface area contributed by atoms with Gasteiger partial charge < -0.3 is 9.72 Å². The summed E-state index contributed by atoms with van der Waals surface area (Å²) in [5, 5.41) is 0. The zero-order valence-electron chi connectivity index (χ0n) is 14.3. The van der Waals surface area contributed by atoms with Gasteiger partial charge in [0.25, 0.3) is 0 Å². The average Bonchev–Trinajstić information content (AvgIpc) is 3.04. The zero-order valence-corrected chi connectivity index (χ0v) is 15.1. The first-order valence-electron chi connectivity index (χ1n) is 7.77. The number of fused-ring (bicyclic) bond motifs is 1. The van der Waals surface area contributed by atoms with E-state index in [0.717, 1.165) is 0 Å². The Morgan fingerprint density at radius 3 is 2.74 bits per heavy atom. The summed E-state index contributed by atoms with van der Waals surface area (Å²) >= 11 is 0. The number of aryl methyl sites for hydroxylation is 1. The molecule has 0 radical (unpaired) electrons. The summed E-state index contributed by atoms with van der Waals surface area (Å²) in [7, 11) is -1.25. The normalized spacial score (nSPS) is 13.3. The number of imidazole rings is 1. The number of nitrogens with zero attached hydrogens (tertiary/aromatic N) is 2. The van der Waals surface area contributed by atoms with E-state index >= 15 is 0 Å². The van der Waals surface area contributed by atoms with Crippen LogP contribution in [0.1, 0.15) is 5.56 Å². The fraction of sp³-hybridized carbons (Fsp3) is 0.294. The number of hydrogen-bond acceptors (Lipinski definition) is 4. The quantitative estimate of drug-likeness (QED) is 0.635. The molecule has 2 aromatic heterocycles. The summed E-state index contributed by atoms with van der Waals surface area (Å²) in [5.41, 5.74) is 1.82. The van der Waals surface area contributed by atoms with Gasteiger partial charge in [0.05, 0.1) is 21.2 Å². The minimum absolute atomic E-state index is 0.0000671. The van der Waals surface area contributed by atoms with Crippen LogP contribution in [0.5, 0.6) is 5.75 Å². The fourth-order valence-electron chi connectivity index (χ4n) is 2.39. The molecule has 0 amide bonds. The van der Waals surface area contributed by atoms with Gasteiger partial charge in [0, 0.05) is 24.1 Å². The van der Waals surface area contributed by atoms with E-state index < -0.39 is 29.8 Å². The molecule has 1 aromatic carbocycles. The molecule has 10 heteroatoms. The third-order valence-corrected chi connectivity index (χ3v) is 4.77. The van der Waals surface area contributed by atoms with Crippen molar-refractivity contribution in [2.45, 2.75) is 24.2 Å². The molecule has 0 saturated carbocycles. The molecule has 1 N–H and O–H groups in total. The lowest BCUT2D eigenvalue weighted by Crippen LogP contribution is -2.33. The minimum atomic E-state index is -4.25. The number of ether oxygens (including phenoxy) is 1. The SMILES string of the molecule is Cc1cnc(-c2nc3c(S(C)=O)cccc3[nH]2)cc1OCC(F)(F)C(F)F. The van der Waals surface area contributed by atoms with Crippen LogP contribution in [0, 0.1) is 6.92 Å². The Morgan fingerprint density at radius 2 is 2.07 bits per heavy atom. The second kappa shape index (κ2) is 7.26. The summed E-state index contributed by atoms with van der Waals surface area (Å²) in [6, 6.07) is 6.51. The van der Waals surface area contributed by atoms with Crippen molar-refractivity contribution < 1.29 is 26.5 Å². The molecule has 27 heavy (non-hydrogen) atoms. The van der Waals surface area contributed by atoms with E-state index in [9.17, 15) is 21.8 Å². The highest BCUT2D eigenvalue weighted by Gasteiger charge is 2.41. The Bertz CT molecular complexity index is 1010. The second-order valence-electron chi connectivity index (χ2n) is 5.88. The predicted octanol–water partition coefficient (Wildman–Crippen LogP) is 3.95. The Hall–Kier alpha value is -2.49. The van der Waals surface area contributed by atoms with Crippen LogP contribution in [0.3, 0.4) is 0 Å². The highest BCUT2D eigenvalue weighted by atomic mass is 32.2. The van der Waals surface area contributed by atoms with Gasteiger partial charge in [0.1, 0.15) is 17.0 Å². The van der Waals surface area contributed by atoms with Gasteiger partial charge in [0.15, 0.2) is 12.4 Å². The molecule has 0 spiro atoms. The lowest BCUT2D eigenvalue weighted by atomic mass is 10.2. The van der Waals surface area contributed by atoms with Gasteiger partial charge >= 0.3 is 12.3 Å². The van der Waals surface area contributed by atoms with Crippen molar-refractivity contribution in [2.24, 2.45) is 0 Å². The standard InChI is InChI=1S/C17H15F4N3O2S/c1-9-7-22-11(6-12(9)26-8-17(20,21)16(18)19)15-23-10-4-3-5-13(27(2)25)14(10)24-15/h3-7,16H,8H2,1-2H3,(H,23,24). The van der Waals surface area contributed by atoms with Crippen LogP contribution >= 0.6 is 0 Å². The van der Waals surface area contributed by atoms with Crippen molar-refractivity contribution in [1.29, 1.82) is 0 Å². The molecule has 144 valence electrons. The van der Waals surface area contributed by atoms with Crippen LogP contribution in [-0.2, 0) is 10.8 Å². The van der Waals surface area contributed by atoms with Crippen LogP contribution in [0.4, 0.5) is 17.6 Å². The highest BCUT2D eigenvalue weighted by Crippen LogP contribution is 2.29. The lowest BCUT2D eigenvalue weighted by Gasteiger charge is -2.17. The lowest BCUT2D eigenvalue weighted by molar-refractivity contribution is -0.148. The summed E-state index contributed by atoms with van der Waals surface area (Å²) in [5.74, 6) is -3.94. The first-order valence-corrected chi connectivity index (χ1v) is 9.33. The van der Waals surface area contributed by atoms with Gasteiger partial charge in [-0.25, -0.2) is 13.8 Å². The largest absolute Gasteiger partial charge is 0.487 e. The molecular formula is C17H15F4N3O2S. The van der Waals surface area contributed by atoms with Crippen LogP contribution in [0.2, 0.25) is 0 Å². The molecule has 0 fully saturated rings. The third kappa shape index (κ3) is 3.95. The van der Waals surface area contributed by atoms with E-state index in [1.165, 1.54) is 18.5 Å². The maximum atomic E-state index is 13.1. The van der Waals surface area contributed by atoms with Gasteiger partial charge in [-0.15, -0.1) is 0 Å². The highest BCUT2D eigenvalue weighted by molar-refractivity contribution is 7.84. The zero-order chi connectivity index (χ0) is 19.8. The van der Waals surface area contributed by atoms with E-state index in [2.05, 4.69) is 15.0 Å². The second-order valence-corrected chi connectivity index (χ2v) is 7.23. The van der Waals surface area contributed by atoms with E-state index in [1.807, 2.05) is 0 Å². The van der Waals surface area contributed by atoms with E-state index in [-0.39, 0.29) is 11.4 Å². The molecule has 3 rings (SSSR count). The van der Waals surface area contributed by atoms with Crippen molar-refractivity contribution >= 4 is 21.8 Å². The molecule has 1 atom stereocenters. The number of rotatable bonds is 6. The number of para-hydroxylation sites is 1. The molecule has 0 aliphatic rings. The molecule has 3 aromatic rings. The van der Waals surface area contributed by atoms with Crippen LogP contribution in [-0.4, -0.2) is 44.4 Å². The smallest absolute Gasteiger partial charge is 0.340 e. The Morgan fingerprint density at radius 1 is 1.33 bits per heavy atom. The average molecular weight is 401 g/mol. The van der Waals surface area contributed by atoms with Gasteiger partial charge in [-0.05, 0) is 19.1 Å². The topological polar surface area (TPSA) is 67.9 Å². The number of pyridine rings is 1. The van der Waals surface area contributed by atoms with Gasteiger partial charge in [-0.1, -0.05) is 6.07 Å². The molecule has 0 saturated heterocycles. The van der Waals surface area contributed by atoms with Gasteiger partial charge in [0.2, 0.25) is 0 Å². The first kappa shape index (κ1) is 19.3. The van der Waals surface area contributed by atoms with Crippen molar-refractivity contribution in [3.05, 3.63) is 36.0 Å². The number of hydrogen-bond donors (Lipinski definition) is 1. The Kier molecular flexibility index (Phi) is 5.18.